The van der Waals surface area contributed by atoms with Gasteiger partial charge in [0.15, 0.2) is 0 Å². The van der Waals surface area contributed by atoms with E-state index in [2.05, 4.69) is 0 Å². The Labute approximate surface area is 60.3 Å². The molecule has 1 atom stereocenters. The van der Waals surface area contributed by atoms with Crippen molar-refractivity contribution in [1.29, 1.82) is 0 Å². The van der Waals surface area contributed by atoms with Gasteiger partial charge in [0.1, 0.15) is 5.60 Å². The van der Waals surface area contributed by atoms with Gasteiger partial charge in [-0.15, -0.1) is 11.6 Å². The average Bonchev–Trinajstić information content (AvgIpc) is 2.44. The molecule has 2 aliphatic rings. The van der Waals surface area contributed by atoms with E-state index in [0.717, 1.165) is 12.5 Å². The highest BCUT2D eigenvalue weighted by Gasteiger charge is 2.52. The maximum Gasteiger partial charge on any atom is 0.108 e. The van der Waals surface area contributed by atoms with Crippen LogP contribution in [-0.4, -0.2) is 18.1 Å². The van der Waals surface area contributed by atoms with E-state index < -0.39 is 0 Å². The van der Waals surface area contributed by atoms with Crippen molar-refractivity contribution in [3.8, 4) is 0 Å². The molecule has 1 aliphatic carbocycles. The van der Waals surface area contributed by atoms with E-state index in [-0.39, 0.29) is 5.60 Å². The molecule has 0 aromatic carbocycles. The lowest BCUT2D eigenvalue weighted by Crippen LogP contribution is -2.31. The van der Waals surface area contributed by atoms with Crippen molar-refractivity contribution in [3.05, 3.63) is 0 Å². The molecule has 2 heteroatoms. The van der Waals surface area contributed by atoms with Crippen molar-refractivity contribution in [3.63, 3.8) is 0 Å². The van der Waals surface area contributed by atoms with E-state index in [1.165, 1.54) is 19.3 Å². The molecule has 1 heterocycles. The van der Waals surface area contributed by atoms with Crippen molar-refractivity contribution in [2.75, 3.05) is 12.5 Å². The topological polar surface area (TPSA) is 12.5 Å². The first-order valence-corrected chi connectivity index (χ1v) is 4.11. The number of ether oxygens (including phenoxy) is 1. The van der Waals surface area contributed by atoms with E-state index in [1.807, 2.05) is 0 Å². The third kappa shape index (κ3) is 0.786. The van der Waals surface area contributed by atoms with Crippen LogP contribution in [0.25, 0.3) is 0 Å². The molecule has 0 N–H and O–H groups in total. The molecule has 2 rings (SSSR count). The van der Waals surface area contributed by atoms with Gasteiger partial charge in [0.25, 0.3) is 0 Å². The second kappa shape index (κ2) is 1.86. The van der Waals surface area contributed by atoms with Crippen molar-refractivity contribution >= 4 is 11.6 Å². The summed E-state index contributed by atoms with van der Waals surface area (Å²) in [5.41, 5.74) is 0.153. The van der Waals surface area contributed by atoms with Gasteiger partial charge < -0.3 is 4.74 Å². The zero-order valence-electron chi connectivity index (χ0n) is 5.40. The van der Waals surface area contributed by atoms with Gasteiger partial charge in [-0.2, -0.15) is 0 Å². The molecule has 0 spiro atoms. The van der Waals surface area contributed by atoms with E-state index in [1.54, 1.807) is 0 Å². The fraction of sp³-hybridized carbons (Fsp3) is 1.00. The van der Waals surface area contributed by atoms with Crippen molar-refractivity contribution in [2.24, 2.45) is 5.92 Å². The first-order valence-electron chi connectivity index (χ1n) is 3.57. The molecule has 1 aliphatic heterocycles. The second-order valence-electron chi connectivity index (χ2n) is 3.11. The summed E-state index contributed by atoms with van der Waals surface area (Å²) in [7, 11) is 0. The Kier molecular flexibility index (Phi) is 1.24. The van der Waals surface area contributed by atoms with Gasteiger partial charge in [0, 0.05) is 0 Å². The normalized spacial score (nSPS) is 42.3. The predicted octanol–water partition coefficient (Wildman–Crippen LogP) is 1.79. The number of rotatable bonds is 2. The standard InChI is InChI=1S/C7H11ClO/c8-4-7(5-9-7)6-2-1-3-6/h6H,1-5H2. The van der Waals surface area contributed by atoms with Crippen LogP contribution in [0.1, 0.15) is 19.3 Å². The summed E-state index contributed by atoms with van der Waals surface area (Å²) < 4.78 is 5.32. The molecule has 2 fully saturated rings. The van der Waals surface area contributed by atoms with Crippen molar-refractivity contribution in [1.82, 2.24) is 0 Å². The van der Waals surface area contributed by atoms with Crippen LogP contribution in [0.15, 0.2) is 0 Å². The van der Waals surface area contributed by atoms with Crippen LogP contribution >= 0.6 is 11.6 Å². The minimum Gasteiger partial charge on any atom is -0.368 e. The Balaban J connectivity index is 1.94. The molecular formula is C7H11ClO. The summed E-state index contributed by atoms with van der Waals surface area (Å²) in [4.78, 5) is 0. The predicted molar refractivity (Wildman–Crippen MR) is 36.7 cm³/mol. The Bertz CT molecular complexity index is 116. The van der Waals surface area contributed by atoms with Crippen LogP contribution in [0.5, 0.6) is 0 Å². The van der Waals surface area contributed by atoms with Crippen LogP contribution in [0.2, 0.25) is 0 Å². The van der Waals surface area contributed by atoms with Crippen molar-refractivity contribution < 1.29 is 4.74 Å². The number of epoxide rings is 1. The van der Waals surface area contributed by atoms with Crippen molar-refractivity contribution in [2.45, 2.75) is 24.9 Å². The van der Waals surface area contributed by atoms with E-state index in [9.17, 15) is 0 Å². The van der Waals surface area contributed by atoms with E-state index in [0.29, 0.717) is 5.88 Å². The number of hydrogen-bond acceptors (Lipinski definition) is 1. The SMILES string of the molecule is ClCC1(C2CCC2)CO1. The molecule has 0 radical (unpaired) electrons. The second-order valence-corrected chi connectivity index (χ2v) is 3.38. The zero-order valence-corrected chi connectivity index (χ0v) is 6.16. The number of alkyl halides is 1. The molecule has 1 unspecified atom stereocenters. The van der Waals surface area contributed by atoms with Gasteiger partial charge in [0.05, 0.1) is 12.5 Å². The van der Waals surface area contributed by atoms with Gasteiger partial charge in [-0.1, -0.05) is 6.42 Å². The molecular weight excluding hydrogens is 136 g/mol. The monoisotopic (exact) mass is 146 g/mol. The minimum atomic E-state index is 0.153. The minimum absolute atomic E-state index is 0.153. The highest BCUT2D eigenvalue weighted by Crippen LogP contribution is 2.46. The van der Waals surface area contributed by atoms with Crippen LogP contribution in [0, 0.1) is 5.92 Å². The summed E-state index contributed by atoms with van der Waals surface area (Å²) in [5.74, 6) is 1.51. The third-order valence-electron chi connectivity index (χ3n) is 2.59. The fourth-order valence-corrected chi connectivity index (χ4v) is 1.82. The highest BCUT2D eigenvalue weighted by molar-refractivity contribution is 6.18. The average molecular weight is 147 g/mol. The Morgan fingerprint density at radius 3 is 2.33 bits per heavy atom. The molecule has 0 aromatic heterocycles. The zero-order chi connectivity index (χ0) is 6.32. The summed E-state index contributed by atoms with van der Waals surface area (Å²) >= 11 is 5.74. The molecule has 0 aromatic rings. The quantitative estimate of drug-likeness (QED) is 0.428. The summed E-state index contributed by atoms with van der Waals surface area (Å²) in [5, 5.41) is 0. The van der Waals surface area contributed by atoms with Crippen LogP contribution in [-0.2, 0) is 4.74 Å². The van der Waals surface area contributed by atoms with Crippen LogP contribution in [0.3, 0.4) is 0 Å². The highest BCUT2D eigenvalue weighted by atomic mass is 35.5. The molecule has 0 bridgehead atoms. The molecule has 9 heavy (non-hydrogen) atoms. The van der Waals surface area contributed by atoms with Gasteiger partial charge >= 0.3 is 0 Å². The molecule has 52 valence electrons. The smallest absolute Gasteiger partial charge is 0.108 e. The Morgan fingerprint density at radius 1 is 1.56 bits per heavy atom. The van der Waals surface area contributed by atoms with Crippen LogP contribution < -0.4 is 0 Å². The van der Waals surface area contributed by atoms with Gasteiger partial charge in [-0.25, -0.2) is 0 Å². The van der Waals surface area contributed by atoms with Crippen LogP contribution in [0.4, 0.5) is 0 Å². The molecule has 1 nitrogen and oxygen atoms in total. The number of halogens is 1. The fourth-order valence-electron chi connectivity index (χ4n) is 1.45. The first kappa shape index (κ1) is 5.99. The largest absolute Gasteiger partial charge is 0.368 e. The Hall–Kier alpha value is 0.250. The number of hydrogen-bond donors (Lipinski definition) is 0. The maximum absolute atomic E-state index is 5.74. The Morgan fingerprint density at radius 2 is 2.22 bits per heavy atom. The molecule has 1 saturated heterocycles. The lowest BCUT2D eigenvalue weighted by atomic mass is 9.77. The third-order valence-corrected chi connectivity index (χ3v) is 3.04. The van der Waals surface area contributed by atoms with E-state index in [4.69, 9.17) is 16.3 Å². The summed E-state index contributed by atoms with van der Waals surface area (Å²) in [6.45, 7) is 0.918. The van der Waals surface area contributed by atoms with Gasteiger partial charge in [-0.3, -0.25) is 0 Å². The molecule has 1 saturated carbocycles. The summed E-state index contributed by atoms with van der Waals surface area (Å²) in [6, 6.07) is 0. The first-order chi connectivity index (χ1) is 4.37. The molecule has 0 amide bonds. The maximum atomic E-state index is 5.74. The van der Waals surface area contributed by atoms with Gasteiger partial charge in [0.2, 0.25) is 0 Å². The summed E-state index contributed by atoms with van der Waals surface area (Å²) in [6.07, 6.45) is 4.06. The lowest BCUT2D eigenvalue weighted by Gasteiger charge is -2.29. The van der Waals surface area contributed by atoms with Gasteiger partial charge in [-0.05, 0) is 18.8 Å². The lowest BCUT2D eigenvalue weighted by molar-refractivity contribution is 0.160. The van der Waals surface area contributed by atoms with E-state index >= 15 is 0 Å².